The van der Waals surface area contributed by atoms with Crippen molar-refractivity contribution in [2.45, 2.75) is 20.0 Å². The summed E-state index contributed by atoms with van der Waals surface area (Å²) in [4.78, 5) is 8.21. The van der Waals surface area contributed by atoms with E-state index in [1.54, 1.807) is 0 Å². The highest BCUT2D eigenvalue weighted by molar-refractivity contribution is 5.85. The third kappa shape index (κ3) is 3.35. The molecule has 1 aliphatic heterocycles. The Morgan fingerprint density at radius 2 is 1.73 bits per heavy atom. The number of aromatic nitrogens is 1. The van der Waals surface area contributed by atoms with Crippen LogP contribution in [0, 0.1) is 13.8 Å². The molecule has 1 aliphatic rings. The van der Waals surface area contributed by atoms with Gasteiger partial charge in [-0.2, -0.15) is 0 Å². The van der Waals surface area contributed by atoms with Gasteiger partial charge in [-0.1, -0.05) is 29.8 Å². The molecule has 0 bridgehead atoms. The molecule has 0 unspecified atom stereocenters. The first-order valence-corrected chi connectivity index (χ1v) is 9.41. The highest BCUT2D eigenvalue weighted by Crippen LogP contribution is 2.29. The Bertz CT molecular complexity index is 879. The number of aromatic amines is 1. The molecule has 136 valence electrons. The summed E-state index contributed by atoms with van der Waals surface area (Å²) in [6.07, 6.45) is -0.464. The second-order valence-electron chi connectivity index (χ2n) is 7.35. The van der Waals surface area contributed by atoms with Gasteiger partial charge in [0.2, 0.25) is 0 Å². The molecule has 2 aromatic carbocycles. The smallest absolute Gasteiger partial charge is 0.0940 e. The number of para-hydroxylation sites is 1. The fourth-order valence-electron chi connectivity index (χ4n) is 4.05. The molecule has 2 heterocycles. The summed E-state index contributed by atoms with van der Waals surface area (Å²) in [7, 11) is 0. The van der Waals surface area contributed by atoms with Crippen molar-refractivity contribution in [2.75, 3.05) is 37.6 Å². The van der Waals surface area contributed by atoms with Crippen LogP contribution in [0.3, 0.4) is 0 Å². The van der Waals surface area contributed by atoms with Gasteiger partial charge < -0.3 is 15.0 Å². The number of hydrogen-bond donors (Lipinski definition) is 2. The average molecular weight is 349 g/mol. The summed E-state index contributed by atoms with van der Waals surface area (Å²) < 4.78 is 0. The van der Waals surface area contributed by atoms with E-state index in [4.69, 9.17) is 0 Å². The van der Waals surface area contributed by atoms with Gasteiger partial charge in [-0.15, -0.1) is 0 Å². The van der Waals surface area contributed by atoms with Crippen LogP contribution in [0.25, 0.3) is 10.9 Å². The zero-order chi connectivity index (χ0) is 18.1. The van der Waals surface area contributed by atoms with E-state index in [1.807, 2.05) is 0 Å². The quantitative estimate of drug-likeness (QED) is 0.756. The Balaban J connectivity index is 1.44. The van der Waals surface area contributed by atoms with Crippen molar-refractivity contribution in [3.8, 4) is 0 Å². The van der Waals surface area contributed by atoms with Crippen LogP contribution in [-0.2, 0) is 0 Å². The van der Waals surface area contributed by atoms with Gasteiger partial charge in [-0.25, -0.2) is 0 Å². The second kappa shape index (κ2) is 7.14. The molecule has 26 heavy (non-hydrogen) atoms. The van der Waals surface area contributed by atoms with Crippen LogP contribution in [0.4, 0.5) is 5.69 Å². The number of aliphatic hydroxyl groups excluding tert-OH is 1. The number of benzene rings is 2. The first-order valence-electron chi connectivity index (χ1n) is 9.41. The Kier molecular flexibility index (Phi) is 4.70. The number of β-amino-alcohol motifs (C(OH)–C–C–N with tert-alkyl or cyclic N) is 1. The van der Waals surface area contributed by atoms with Crippen LogP contribution in [0.2, 0.25) is 0 Å². The summed E-state index contributed by atoms with van der Waals surface area (Å²) in [6.45, 7) is 8.80. The number of fused-ring (bicyclic) bond motifs is 1. The predicted octanol–water partition coefficient (Wildman–Crippen LogP) is 3.64. The molecule has 0 amide bonds. The van der Waals surface area contributed by atoms with Crippen molar-refractivity contribution < 1.29 is 5.11 Å². The van der Waals surface area contributed by atoms with Gasteiger partial charge in [0.05, 0.1) is 6.10 Å². The predicted molar refractivity (Wildman–Crippen MR) is 108 cm³/mol. The number of H-pyrrole nitrogens is 1. The maximum absolute atomic E-state index is 10.9. The molecule has 4 heteroatoms. The SMILES string of the molecule is Cc1ccc2[nH]c(C)c([C@H](O)CN3CCN(c4ccccc4)CC3)c2c1. The van der Waals surface area contributed by atoms with E-state index in [0.29, 0.717) is 6.54 Å². The van der Waals surface area contributed by atoms with Crippen molar-refractivity contribution in [1.29, 1.82) is 0 Å². The largest absolute Gasteiger partial charge is 0.387 e. The van der Waals surface area contributed by atoms with Gasteiger partial charge in [0, 0.05) is 60.6 Å². The third-order valence-corrected chi connectivity index (χ3v) is 5.45. The van der Waals surface area contributed by atoms with E-state index >= 15 is 0 Å². The number of hydrogen-bond acceptors (Lipinski definition) is 3. The summed E-state index contributed by atoms with van der Waals surface area (Å²) in [5, 5.41) is 12.1. The number of nitrogens with zero attached hydrogens (tertiary/aromatic N) is 2. The lowest BCUT2D eigenvalue weighted by Crippen LogP contribution is -2.47. The van der Waals surface area contributed by atoms with Crippen molar-refractivity contribution in [3.05, 3.63) is 65.4 Å². The van der Waals surface area contributed by atoms with E-state index in [0.717, 1.165) is 48.3 Å². The minimum Gasteiger partial charge on any atom is -0.387 e. The van der Waals surface area contributed by atoms with E-state index < -0.39 is 6.10 Å². The highest BCUT2D eigenvalue weighted by Gasteiger charge is 2.23. The third-order valence-electron chi connectivity index (χ3n) is 5.45. The first-order chi connectivity index (χ1) is 12.6. The number of aryl methyl sites for hydroxylation is 2. The molecule has 0 spiro atoms. The minimum absolute atomic E-state index is 0.464. The molecule has 4 nitrogen and oxygen atoms in total. The molecule has 2 N–H and O–H groups in total. The van der Waals surface area contributed by atoms with Crippen molar-refractivity contribution in [3.63, 3.8) is 0 Å². The van der Waals surface area contributed by atoms with Crippen molar-refractivity contribution >= 4 is 16.6 Å². The molecule has 0 radical (unpaired) electrons. The van der Waals surface area contributed by atoms with Gasteiger partial charge >= 0.3 is 0 Å². The van der Waals surface area contributed by atoms with E-state index in [1.165, 1.54) is 11.3 Å². The highest BCUT2D eigenvalue weighted by atomic mass is 16.3. The number of aliphatic hydroxyl groups is 1. The normalized spacial score (nSPS) is 17.0. The molecule has 3 aromatic rings. The van der Waals surface area contributed by atoms with Gasteiger partial charge in [0.1, 0.15) is 0 Å². The Labute approximate surface area is 155 Å². The number of piperazine rings is 1. The summed E-state index contributed by atoms with van der Waals surface area (Å²) >= 11 is 0. The molecule has 0 aliphatic carbocycles. The van der Waals surface area contributed by atoms with Crippen LogP contribution in [0.1, 0.15) is 22.9 Å². The van der Waals surface area contributed by atoms with Gasteiger partial charge in [0.25, 0.3) is 0 Å². The lowest BCUT2D eigenvalue weighted by atomic mass is 10.0. The summed E-state index contributed by atoms with van der Waals surface area (Å²) in [5.41, 5.74) is 5.74. The minimum atomic E-state index is -0.464. The maximum Gasteiger partial charge on any atom is 0.0940 e. The first kappa shape index (κ1) is 17.1. The van der Waals surface area contributed by atoms with E-state index in [9.17, 15) is 5.11 Å². The van der Waals surface area contributed by atoms with Gasteiger partial charge in [0.15, 0.2) is 0 Å². The lowest BCUT2D eigenvalue weighted by Gasteiger charge is -2.37. The second-order valence-corrected chi connectivity index (χ2v) is 7.35. The number of rotatable bonds is 4. The molecular formula is C22H27N3O. The maximum atomic E-state index is 10.9. The summed E-state index contributed by atoms with van der Waals surface area (Å²) in [6, 6.07) is 17.0. The topological polar surface area (TPSA) is 42.5 Å². The van der Waals surface area contributed by atoms with E-state index in [-0.39, 0.29) is 0 Å². The standard InChI is InChI=1S/C22H27N3O/c1-16-8-9-20-19(14-16)22(17(2)23-20)21(26)15-24-10-12-25(13-11-24)18-6-4-3-5-7-18/h3-9,14,21,23,26H,10-13,15H2,1-2H3/t21-/m1/s1. The van der Waals surface area contributed by atoms with Crippen molar-refractivity contribution in [1.82, 2.24) is 9.88 Å². The zero-order valence-corrected chi connectivity index (χ0v) is 15.6. The van der Waals surface area contributed by atoms with Crippen LogP contribution in [0.5, 0.6) is 0 Å². The molecule has 0 saturated carbocycles. The number of nitrogens with one attached hydrogen (secondary N) is 1. The molecule has 1 fully saturated rings. The molecule has 1 aromatic heterocycles. The molecule has 4 rings (SSSR count). The Morgan fingerprint density at radius 1 is 1.00 bits per heavy atom. The molecule has 1 atom stereocenters. The van der Waals surface area contributed by atoms with Gasteiger partial charge in [-0.05, 0) is 38.1 Å². The van der Waals surface area contributed by atoms with E-state index in [2.05, 4.69) is 77.2 Å². The van der Waals surface area contributed by atoms with Crippen molar-refractivity contribution in [2.24, 2.45) is 0 Å². The fraction of sp³-hybridized carbons (Fsp3) is 0.364. The van der Waals surface area contributed by atoms with Gasteiger partial charge in [-0.3, -0.25) is 4.90 Å². The monoisotopic (exact) mass is 349 g/mol. The number of anilines is 1. The lowest BCUT2D eigenvalue weighted by molar-refractivity contribution is 0.110. The van der Waals surface area contributed by atoms with Crippen LogP contribution < -0.4 is 4.90 Å². The Morgan fingerprint density at radius 3 is 2.46 bits per heavy atom. The van der Waals surface area contributed by atoms with Crippen LogP contribution in [0.15, 0.2) is 48.5 Å². The molecule has 1 saturated heterocycles. The summed E-state index contributed by atoms with van der Waals surface area (Å²) in [5.74, 6) is 0. The Hall–Kier alpha value is -2.30. The van der Waals surface area contributed by atoms with Crippen LogP contribution >= 0.6 is 0 Å². The zero-order valence-electron chi connectivity index (χ0n) is 15.6. The van der Waals surface area contributed by atoms with Crippen LogP contribution in [-0.4, -0.2) is 47.7 Å². The average Bonchev–Trinajstić information content (AvgIpc) is 2.98. The fourth-order valence-corrected chi connectivity index (χ4v) is 4.05. The molecular weight excluding hydrogens is 322 g/mol.